The van der Waals surface area contributed by atoms with Gasteiger partial charge in [0.2, 0.25) is 5.91 Å². The number of fused-ring (bicyclic) bond motifs is 1. The van der Waals surface area contributed by atoms with Crippen LogP contribution in [0.25, 0.3) is 10.9 Å². The number of carbonyl (C=O) groups is 1. The van der Waals surface area contributed by atoms with E-state index in [2.05, 4.69) is 23.3 Å². The van der Waals surface area contributed by atoms with Crippen molar-refractivity contribution < 1.29 is 13.6 Å². The fourth-order valence-corrected chi connectivity index (χ4v) is 4.01. The van der Waals surface area contributed by atoms with E-state index in [-0.39, 0.29) is 29.9 Å². The van der Waals surface area contributed by atoms with Crippen LogP contribution in [0.4, 0.5) is 8.78 Å². The van der Waals surface area contributed by atoms with Crippen molar-refractivity contribution in [3.63, 3.8) is 0 Å². The zero-order chi connectivity index (χ0) is 21.8. The van der Waals surface area contributed by atoms with E-state index in [1.807, 2.05) is 24.4 Å². The average molecular weight is 418 g/mol. The highest BCUT2D eigenvalue weighted by molar-refractivity contribution is 5.88. The Morgan fingerprint density at radius 2 is 1.77 bits per heavy atom. The summed E-state index contributed by atoms with van der Waals surface area (Å²) in [6, 6.07) is 18.6. The number of halogens is 2. The van der Waals surface area contributed by atoms with Gasteiger partial charge in [0.1, 0.15) is 11.6 Å². The summed E-state index contributed by atoms with van der Waals surface area (Å²) in [5, 5.41) is 3.94. The van der Waals surface area contributed by atoms with Gasteiger partial charge >= 0.3 is 0 Å². The van der Waals surface area contributed by atoms with Crippen molar-refractivity contribution in [2.75, 3.05) is 0 Å². The zero-order valence-corrected chi connectivity index (χ0v) is 17.3. The second kappa shape index (κ2) is 9.13. The Hall–Kier alpha value is -3.47. The number of aromatic amines is 1. The molecule has 0 aliphatic rings. The predicted octanol–water partition coefficient (Wildman–Crippen LogP) is 5.85. The van der Waals surface area contributed by atoms with Gasteiger partial charge in [0.15, 0.2) is 0 Å². The number of benzene rings is 3. The minimum Gasteiger partial charge on any atom is -0.361 e. The van der Waals surface area contributed by atoms with Gasteiger partial charge in [0.25, 0.3) is 0 Å². The molecule has 2 N–H and O–H groups in total. The van der Waals surface area contributed by atoms with E-state index in [1.165, 1.54) is 29.8 Å². The number of aromatic nitrogens is 1. The predicted molar refractivity (Wildman–Crippen MR) is 119 cm³/mol. The molecule has 3 aromatic carbocycles. The molecule has 0 saturated heterocycles. The maximum absolute atomic E-state index is 14.0. The first-order valence-electron chi connectivity index (χ1n) is 10.4. The van der Waals surface area contributed by atoms with Gasteiger partial charge in [-0.05, 0) is 52.9 Å². The van der Waals surface area contributed by atoms with Crippen molar-refractivity contribution in [2.45, 2.75) is 32.2 Å². The maximum atomic E-state index is 14.0. The first-order valence-corrected chi connectivity index (χ1v) is 10.4. The van der Waals surface area contributed by atoms with Gasteiger partial charge in [-0.3, -0.25) is 4.79 Å². The minimum atomic E-state index is -0.330. The monoisotopic (exact) mass is 418 g/mol. The third kappa shape index (κ3) is 4.66. The van der Waals surface area contributed by atoms with Crippen LogP contribution in [0, 0.1) is 11.6 Å². The van der Waals surface area contributed by atoms with Gasteiger partial charge in [-0.2, -0.15) is 0 Å². The Labute approximate surface area is 180 Å². The van der Waals surface area contributed by atoms with E-state index in [4.69, 9.17) is 0 Å². The summed E-state index contributed by atoms with van der Waals surface area (Å²) in [6.45, 7) is 2.41. The highest BCUT2D eigenvalue weighted by Gasteiger charge is 2.22. The Morgan fingerprint density at radius 1 is 1.00 bits per heavy atom. The molecular weight excluding hydrogens is 394 g/mol. The van der Waals surface area contributed by atoms with E-state index < -0.39 is 0 Å². The number of para-hydroxylation sites is 1. The van der Waals surface area contributed by atoms with Crippen LogP contribution >= 0.6 is 0 Å². The van der Waals surface area contributed by atoms with E-state index >= 15 is 0 Å². The lowest BCUT2D eigenvalue weighted by atomic mass is 9.87. The molecule has 1 atom stereocenters. The number of hydrogen-bond donors (Lipinski definition) is 2. The molecular formula is C26H24F2N2O. The highest BCUT2D eigenvalue weighted by atomic mass is 19.1. The molecule has 0 bridgehead atoms. The summed E-state index contributed by atoms with van der Waals surface area (Å²) in [5.41, 5.74) is 4.78. The number of hydrogen-bond acceptors (Lipinski definition) is 1. The van der Waals surface area contributed by atoms with Crippen LogP contribution in [0.2, 0.25) is 0 Å². The van der Waals surface area contributed by atoms with Gasteiger partial charge in [-0.1, -0.05) is 49.4 Å². The molecule has 0 radical (unpaired) electrons. The summed E-state index contributed by atoms with van der Waals surface area (Å²) >= 11 is 0. The van der Waals surface area contributed by atoms with Crippen molar-refractivity contribution in [3.05, 3.63) is 107 Å². The smallest absolute Gasteiger partial charge is 0.221 e. The van der Waals surface area contributed by atoms with Crippen LogP contribution in [0.5, 0.6) is 0 Å². The minimum absolute atomic E-state index is 0.153. The van der Waals surface area contributed by atoms with Gasteiger partial charge in [0, 0.05) is 36.0 Å². The van der Waals surface area contributed by atoms with Crippen molar-refractivity contribution in [2.24, 2.45) is 0 Å². The lowest BCUT2D eigenvalue weighted by Crippen LogP contribution is -2.25. The quantitative estimate of drug-likeness (QED) is 0.389. The molecule has 0 saturated carbocycles. The largest absolute Gasteiger partial charge is 0.361 e. The van der Waals surface area contributed by atoms with E-state index in [0.717, 1.165) is 34.0 Å². The van der Waals surface area contributed by atoms with Crippen LogP contribution in [0.1, 0.15) is 41.5 Å². The van der Waals surface area contributed by atoms with Crippen molar-refractivity contribution in [1.82, 2.24) is 10.3 Å². The van der Waals surface area contributed by atoms with Crippen LogP contribution < -0.4 is 5.32 Å². The molecule has 5 heteroatoms. The topological polar surface area (TPSA) is 44.9 Å². The standard InChI is InChI=1S/C26H24F2N2O/c1-2-18-5-4-8-22-24(16-30-26(18)22)23(19-6-3-7-21(28)13-19)14-25(31)29-15-17-9-11-20(27)12-10-17/h3-13,16,23,30H,2,14-15H2,1H3,(H,29,31)/t23-/m1/s1. The molecule has 0 unspecified atom stereocenters. The molecule has 1 aromatic heterocycles. The van der Waals surface area contributed by atoms with E-state index in [9.17, 15) is 13.6 Å². The van der Waals surface area contributed by atoms with E-state index in [1.54, 1.807) is 18.2 Å². The van der Waals surface area contributed by atoms with Gasteiger partial charge in [0.05, 0.1) is 0 Å². The molecule has 1 amide bonds. The third-order valence-electron chi connectivity index (χ3n) is 5.63. The summed E-state index contributed by atoms with van der Waals surface area (Å²) < 4.78 is 27.1. The highest BCUT2D eigenvalue weighted by Crippen LogP contribution is 2.34. The zero-order valence-electron chi connectivity index (χ0n) is 17.3. The maximum Gasteiger partial charge on any atom is 0.221 e. The third-order valence-corrected chi connectivity index (χ3v) is 5.63. The average Bonchev–Trinajstić information content (AvgIpc) is 3.21. The van der Waals surface area contributed by atoms with Gasteiger partial charge in [-0.25, -0.2) is 8.78 Å². The molecule has 4 rings (SSSR count). The molecule has 158 valence electrons. The van der Waals surface area contributed by atoms with Crippen LogP contribution in [0.3, 0.4) is 0 Å². The van der Waals surface area contributed by atoms with Crippen LogP contribution in [0.15, 0.2) is 72.9 Å². The molecule has 0 fully saturated rings. The number of H-pyrrole nitrogens is 1. The Kier molecular flexibility index (Phi) is 6.12. The number of carbonyl (C=O) groups excluding carboxylic acids is 1. The molecule has 1 heterocycles. The molecule has 4 aromatic rings. The summed E-state index contributed by atoms with van der Waals surface area (Å²) in [6.07, 6.45) is 2.99. The van der Waals surface area contributed by atoms with E-state index in [0.29, 0.717) is 6.54 Å². The number of nitrogens with one attached hydrogen (secondary N) is 2. The fraction of sp³-hybridized carbons (Fsp3) is 0.192. The first-order chi connectivity index (χ1) is 15.0. The molecule has 0 spiro atoms. The normalized spacial score (nSPS) is 12.1. The van der Waals surface area contributed by atoms with Crippen molar-refractivity contribution >= 4 is 16.8 Å². The Bertz CT molecular complexity index is 1200. The first kappa shape index (κ1) is 20.8. The molecule has 0 aliphatic heterocycles. The summed E-state index contributed by atoms with van der Waals surface area (Å²) in [7, 11) is 0. The second-order valence-corrected chi connectivity index (χ2v) is 7.65. The molecule has 31 heavy (non-hydrogen) atoms. The number of aryl methyl sites for hydroxylation is 1. The fourth-order valence-electron chi connectivity index (χ4n) is 4.01. The summed E-state index contributed by atoms with van der Waals surface area (Å²) in [5.74, 6) is -1.10. The summed E-state index contributed by atoms with van der Waals surface area (Å²) in [4.78, 5) is 16.2. The number of rotatable bonds is 7. The van der Waals surface area contributed by atoms with Gasteiger partial charge in [-0.15, -0.1) is 0 Å². The van der Waals surface area contributed by atoms with Crippen LogP contribution in [-0.4, -0.2) is 10.9 Å². The molecule has 0 aliphatic carbocycles. The van der Waals surface area contributed by atoms with Gasteiger partial charge < -0.3 is 10.3 Å². The Morgan fingerprint density at radius 3 is 2.52 bits per heavy atom. The number of amides is 1. The van der Waals surface area contributed by atoms with Crippen LogP contribution in [-0.2, 0) is 17.8 Å². The Balaban J connectivity index is 1.62. The molecule has 3 nitrogen and oxygen atoms in total. The SMILES string of the molecule is CCc1cccc2c([C@H](CC(=O)NCc3ccc(F)cc3)c3cccc(F)c3)c[nH]c12. The van der Waals surface area contributed by atoms with Crippen molar-refractivity contribution in [1.29, 1.82) is 0 Å². The second-order valence-electron chi connectivity index (χ2n) is 7.65. The lowest BCUT2D eigenvalue weighted by Gasteiger charge is -2.18. The van der Waals surface area contributed by atoms with Crippen molar-refractivity contribution in [3.8, 4) is 0 Å². The lowest BCUT2D eigenvalue weighted by molar-refractivity contribution is -0.121.